The van der Waals surface area contributed by atoms with Crippen molar-refractivity contribution in [2.75, 3.05) is 11.9 Å². The molecule has 1 saturated carbocycles. The van der Waals surface area contributed by atoms with Crippen LogP contribution in [0.1, 0.15) is 44.7 Å². The van der Waals surface area contributed by atoms with E-state index < -0.39 is 11.7 Å². The third kappa shape index (κ3) is 7.16. The number of fused-ring (bicyclic) bond motifs is 1. The molecule has 0 unspecified atom stereocenters. The average molecular weight is 526 g/mol. The van der Waals surface area contributed by atoms with E-state index in [4.69, 9.17) is 9.47 Å². The Morgan fingerprint density at radius 1 is 1.13 bits per heavy atom. The Labute approximate surface area is 229 Å². The molecule has 2 aromatic heterocycles. The third-order valence-electron chi connectivity index (χ3n) is 6.28. The van der Waals surface area contributed by atoms with Crippen molar-refractivity contribution in [3.05, 3.63) is 78.3 Å². The lowest BCUT2D eigenvalue weighted by molar-refractivity contribution is 0.0526. The first-order valence-electron chi connectivity index (χ1n) is 13.3. The van der Waals surface area contributed by atoms with Gasteiger partial charge in [-0.2, -0.15) is 0 Å². The molecule has 1 fully saturated rings. The van der Waals surface area contributed by atoms with Crippen molar-refractivity contribution in [1.82, 2.24) is 19.9 Å². The molecule has 0 atom stereocenters. The van der Waals surface area contributed by atoms with Gasteiger partial charge in [-0.25, -0.2) is 14.8 Å². The Hall–Kier alpha value is -4.33. The maximum Gasteiger partial charge on any atom is 0.407 e. The predicted octanol–water partition coefficient (Wildman–Crippen LogP) is 7.22. The summed E-state index contributed by atoms with van der Waals surface area (Å²) in [7, 11) is 0. The van der Waals surface area contributed by atoms with Gasteiger partial charge in [0.2, 0.25) is 0 Å². The standard InChI is InChI=1S/C31H35N5O3/c1-21-18-24(12-13-27(21)38-25-7-5-6-23(19-25)11-10-22-8-9-22)35-29-28-26(33-20-34-29)14-16-36(28)17-15-32-30(37)39-31(2,3)4/h5-7,10-14,16,18-20,22H,8-9,15,17H2,1-4H3,(H,32,37)(H,33,34,35)/b11-10+. The smallest absolute Gasteiger partial charge is 0.407 e. The zero-order valence-corrected chi connectivity index (χ0v) is 22.9. The van der Waals surface area contributed by atoms with Crippen molar-refractivity contribution in [2.45, 2.75) is 52.7 Å². The monoisotopic (exact) mass is 525 g/mol. The van der Waals surface area contributed by atoms with Crippen LogP contribution in [0.15, 0.2) is 67.1 Å². The molecule has 0 aliphatic heterocycles. The highest BCUT2D eigenvalue weighted by Crippen LogP contribution is 2.32. The molecule has 0 radical (unpaired) electrons. The molecule has 202 valence electrons. The van der Waals surface area contributed by atoms with Gasteiger partial charge in [-0.1, -0.05) is 24.3 Å². The largest absolute Gasteiger partial charge is 0.457 e. The number of amides is 1. The van der Waals surface area contributed by atoms with Crippen LogP contribution in [-0.4, -0.2) is 32.8 Å². The molecule has 2 heterocycles. The average Bonchev–Trinajstić information content (AvgIpc) is 3.62. The Bertz CT molecular complexity index is 1500. The van der Waals surface area contributed by atoms with E-state index in [9.17, 15) is 4.79 Å². The lowest BCUT2D eigenvalue weighted by Gasteiger charge is -2.19. The fourth-order valence-corrected chi connectivity index (χ4v) is 4.23. The Kier molecular flexibility index (Phi) is 7.54. The summed E-state index contributed by atoms with van der Waals surface area (Å²) in [4.78, 5) is 20.9. The number of allylic oxidation sites excluding steroid dienone is 1. The number of aryl methyl sites for hydroxylation is 1. The highest BCUT2D eigenvalue weighted by atomic mass is 16.6. The van der Waals surface area contributed by atoms with Gasteiger partial charge in [0.15, 0.2) is 5.82 Å². The Balaban J connectivity index is 1.26. The third-order valence-corrected chi connectivity index (χ3v) is 6.28. The highest BCUT2D eigenvalue weighted by molar-refractivity contribution is 5.88. The van der Waals surface area contributed by atoms with Crippen molar-refractivity contribution in [3.8, 4) is 11.5 Å². The number of carbonyl (C=O) groups excluding carboxylic acids is 1. The van der Waals surface area contributed by atoms with Gasteiger partial charge in [0.1, 0.15) is 28.9 Å². The van der Waals surface area contributed by atoms with Gasteiger partial charge in [-0.3, -0.25) is 0 Å². The lowest BCUT2D eigenvalue weighted by atomic mass is 10.1. The van der Waals surface area contributed by atoms with Crippen LogP contribution >= 0.6 is 0 Å². The van der Waals surface area contributed by atoms with Crippen LogP contribution in [-0.2, 0) is 11.3 Å². The number of ether oxygens (including phenoxy) is 2. The van der Waals surface area contributed by atoms with Gasteiger partial charge < -0.3 is 24.7 Å². The maximum absolute atomic E-state index is 12.0. The zero-order valence-electron chi connectivity index (χ0n) is 22.9. The molecule has 1 aliphatic carbocycles. The minimum absolute atomic E-state index is 0.412. The molecule has 1 amide bonds. The first-order chi connectivity index (χ1) is 18.7. The fraction of sp³-hybridized carbons (Fsp3) is 0.323. The van der Waals surface area contributed by atoms with Gasteiger partial charge in [0, 0.05) is 25.0 Å². The SMILES string of the molecule is Cc1cc(Nc2ncnc3ccn(CCNC(=O)OC(C)(C)C)c23)ccc1Oc1cccc(/C=C/C2CC2)c1. The van der Waals surface area contributed by atoms with Gasteiger partial charge in [-0.05, 0) is 94.0 Å². The van der Waals surface area contributed by atoms with Crippen LogP contribution in [0, 0.1) is 12.8 Å². The summed E-state index contributed by atoms with van der Waals surface area (Å²) in [6.45, 7) is 8.51. The molecule has 39 heavy (non-hydrogen) atoms. The molecule has 8 nitrogen and oxygen atoms in total. The van der Waals surface area contributed by atoms with Crippen molar-refractivity contribution in [2.24, 2.45) is 5.92 Å². The van der Waals surface area contributed by atoms with E-state index in [-0.39, 0.29) is 0 Å². The molecule has 8 heteroatoms. The number of benzene rings is 2. The molecule has 2 aromatic carbocycles. The highest BCUT2D eigenvalue weighted by Gasteiger charge is 2.17. The van der Waals surface area contributed by atoms with E-state index in [0.29, 0.717) is 18.9 Å². The summed E-state index contributed by atoms with van der Waals surface area (Å²) >= 11 is 0. The van der Waals surface area contributed by atoms with Crippen LogP contribution in [0.2, 0.25) is 0 Å². The Morgan fingerprint density at radius 3 is 2.74 bits per heavy atom. The second-order valence-electron chi connectivity index (χ2n) is 10.9. The van der Waals surface area contributed by atoms with E-state index in [0.717, 1.165) is 45.3 Å². The molecule has 2 N–H and O–H groups in total. The number of hydrogen-bond donors (Lipinski definition) is 2. The van der Waals surface area contributed by atoms with E-state index in [1.807, 2.05) is 74.9 Å². The zero-order chi connectivity index (χ0) is 27.4. The van der Waals surface area contributed by atoms with Crippen molar-refractivity contribution >= 4 is 34.7 Å². The summed E-state index contributed by atoms with van der Waals surface area (Å²) in [5.74, 6) is 3.04. The van der Waals surface area contributed by atoms with Crippen molar-refractivity contribution < 1.29 is 14.3 Å². The summed E-state index contributed by atoms with van der Waals surface area (Å²) in [5.41, 5.74) is 4.17. The quantitative estimate of drug-likeness (QED) is 0.240. The second-order valence-corrected chi connectivity index (χ2v) is 10.9. The van der Waals surface area contributed by atoms with Crippen LogP contribution in [0.25, 0.3) is 17.1 Å². The van der Waals surface area contributed by atoms with Gasteiger partial charge in [0.05, 0.1) is 5.52 Å². The summed E-state index contributed by atoms with van der Waals surface area (Å²) < 4.78 is 13.6. The normalized spacial score (nSPS) is 13.5. The van der Waals surface area contributed by atoms with Crippen LogP contribution < -0.4 is 15.4 Å². The minimum atomic E-state index is -0.537. The molecule has 1 aliphatic rings. The predicted molar refractivity (Wildman–Crippen MR) is 155 cm³/mol. The molecule has 5 rings (SSSR count). The number of hydrogen-bond acceptors (Lipinski definition) is 6. The minimum Gasteiger partial charge on any atom is -0.457 e. The van der Waals surface area contributed by atoms with Gasteiger partial charge in [0.25, 0.3) is 0 Å². The van der Waals surface area contributed by atoms with Crippen molar-refractivity contribution in [1.29, 1.82) is 0 Å². The summed E-state index contributed by atoms with van der Waals surface area (Å²) in [6, 6.07) is 16.1. The van der Waals surface area contributed by atoms with Gasteiger partial charge in [-0.15, -0.1) is 0 Å². The van der Waals surface area contributed by atoms with E-state index in [1.165, 1.54) is 12.8 Å². The molecule has 0 spiro atoms. The number of nitrogens with zero attached hydrogens (tertiary/aromatic N) is 3. The molecule has 0 saturated heterocycles. The molecular weight excluding hydrogens is 490 g/mol. The lowest BCUT2D eigenvalue weighted by Crippen LogP contribution is -2.34. The summed E-state index contributed by atoms with van der Waals surface area (Å²) in [5, 5.41) is 6.23. The number of alkyl carbamates (subject to hydrolysis) is 1. The first-order valence-corrected chi connectivity index (χ1v) is 13.3. The number of carbonyl (C=O) groups is 1. The van der Waals surface area contributed by atoms with E-state index in [2.05, 4.69) is 44.9 Å². The maximum atomic E-state index is 12.0. The van der Waals surface area contributed by atoms with E-state index >= 15 is 0 Å². The Morgan fingerprint density at radius 2 is 1.97 bits per heavy atom. The number of aromatic nitrogens is 3. The van der Waals surface area contributed by atoms with Gasteiger partial charge >= 0.3 is 6.09 Å². The van der Waals surface area contributed by atoms with Crippen LogP contribution in [0.3, 0.4) is 0 Å². The van der Waals surface area contributed by atoms with Crippen molar-refractivity contribution in [3.63, 3.8) is 0 Å². The second kappa shape index (κ2) is 11.2. The number of rotatable bonds is 9. The number of anilines is 2. The number of nitrogens with one attached hydrogen (secondary N) is 2. The fourth-order valence-electron chi connectivity index (χ4n) is 4.23. The first kappa shape index (κ1) is 26.3. The molecule has 0 bridgehead atoms. The van der Waals surface area contributed by atoms with E-state index in [1.54, 1.807) is 6.33 Å². The molecular formula is C31H35N5O3. The van der Waals surface area contributed by atoms with Crippen LogP contribution in [0.4, 0.5) is 16.3 Å². The van der Waals surface area contributed by atoms with Crippen LogP contribution in [0.5, 0.6) is 11.5 Å². The summed E-state index contributed by atoms with van der Waals surface area (Å²) in [6.07, 6.45) is 10.1. The topological polar surface area (TPSA) is 90.3 Å². The molecule has 4 aromatic rings.